The lowest BCUT2D eigenvalue weighted by atomic mass is 10.1. The molecule has 0 aromatic carbocycles. The Hall–Kier alpha value is -1.33. The van der Waals surface area contributed by atoms with Crippen LogP contribution in [-0.2, 0) is 4.74 Å². The Morgan fingerprint density at radius 3 is 3.24 bits per heavy atom. The fraction of sp³-hybridized carbons (Fsp3) is 0.583. The van der Waals surface area contributed by atoms with E-state index in [1.807, 2.05) is 18.2 Å². The van der Waals surface area contributed by atoms with Crippen LogP contribution in [0.2, 0.25) is 0 Å². The number of nitrogens with two attached hydrogens (primary N) is 1. The molecule has 0 amide bonds. The number of ether oxygens (including phenoxy) is 1. The van der Waals surface area contributed by atoms with Gasteiger partial charge in [0, 0.05) is 6.54 Å². The smallest absolute Gasteiger partial charge is 0.142 e. The van der Waals surface area contributed by atoms with E-state index in [1.54, 1.807) is 0 Å². The molecule has 0 radical (unpaired) electrons. The van der Waals surface area contributed by atoms with E-state index in [1.165, 1.54) is 19.3 Å². The minimum Gasteiger partial charge on any atom is -0.374 e. The van der Waals surface area contributed by atoms with Crippen LogP contribution in [0, 0.1) is 0 Å². The van der Waals surface area contributed by atoms with Gasteiger partial charge < -0.3 is 15.1 Å². The van der Waals surface area contributed by atoms with Crippen molar-refractivity contribution in [1.82, 2.24) is 4.98 Å². The minimum atomic E-state index is 0.389. The van der Waals surface area contributed by atoms with Gasteiger partial charge in [-0.25, -0.2) is 10.8 Å². The fourth-order valence-electron chi connectivity index (χ4n) is 2.87. The highest BCUT2D eigenvalue weighted by Gasteiger charge is 2.36. The largest absolute Gasteiger partial charge is 0.374 e. The molecule has 2 heterocycles. The molecule has 1 saturated heterocycles. The van der Waals surface area contributed by atoms with Gasteiger partial charge in [0.25, 0.3) is 0 Å². The summed E-state index contributed by atoms with van der Waals surface area (Å²) in [5.74, 6) is 7.11. The van der Waals surface area contributed by atoms with E-state index in [9.17, 15) is 0 Å². The van der Waals surface area contributed by atoms with E-state index in [4.69, 9.17) is 10.6 Å². The summed E-state index contributed by atoms with van der Waals surface area (Å²) < 4.78 is 5.80. The normalized spacial score (nSPS) is 27.9. The fourth-order valence-corrected chi connectivity index (χ4v) is 2.87. The van der Waals surface area contributed by atoms with Gasteiger partial charge in [0.05, 0.1) is 18.8 Å². The van der Waals surface area contributed by atoms with E-state index in [0.717, 1.165) is 19.0 Å². The topological polar surface area (TPSA) is 63.4 Å². The maximum atomic E-state index is 5.80. The average Bonchev–Trinajstić information content (AvgIpc) is 2.87. The van der Waals surface area contributed by atoms with Crippen molar-refractivity contribution in [3.8, 4) is 0 Å². The van der Waals surface area contributed by atoms with Crippen LogP contribution in [-0.4, -0.2) is 30.3 Å². The standard InChI is InChI=1S/C12H18N4O/c13-15-11-5-2-6-12(14-11)16-7-8-17-10-4-1-3-9(10)16/h2,5-6,9-10H,1,3-4,7-8,13H2,(H,14,15). The van der Waals surface area contributed by atoms with Crippen molar-refractivity contribution in [3.63, 3.8) is 0 Å². The molecule has 17 heavy (non-hydrogen) atoms. The second-order valence-electron chi connectivity index (χ2n) is 4.63. The predicted octanol–water partition coefficient (Wildman–Crippen LogP) is 1.12. The summed E-state index contributed by atoms with van der Waals surface area (Å²) in [5, 5.41) is 0. The Morgan fingerprint density at radius 1 is 1.41 bits per heavy atom. The molecular weight excluding hydrogens is 216 g/mol. The van der Waals surface area contributed by atoms with Crippen LogP contribution in [0.3, 0.4) is 0 Å². The van der Waals surface area contributed by atoms with Gasteiger partial charge in [-0.2, -0.15) is 0 Å². The average molecular weight is 234 g/mol. The quantitative estimate of drug-likeness (QED) is 0.593. The zero-order valence-corrected chi connectivity index (χ0v) is 9.80. The molecule has 3 N–H and O–H groups in total. The van der Waals surface area contributed by atoms with Crippen LogP contribution < -0.4 is 16.2 Å². The van der Waals surface area contributed by atoms with Crippen molar-refractivity contribution in [1.29, 1.82) is 0 Å². The number of fused-ring (bicyclic) bond motifs is 1. The van der Waals surface area contributed by atoms with Crippen molar-refractivity contribution in [3.05, 3.63) is 18.2 Å². The zero-order valence-electron chi connectivity index (χ0n) is 9.80. The molecule has 3 rings (SSSR count). The Morgan fingerprint density at radius 2 is 2.35 bits per heavy atom. The summed E-state index contributed by atoms with van der Waals surface area (Å²) in [6.07, 6.45) is 4.02. The molecule has 2 unspecified atom stereocenters. The molecule has 0 bridgehead atoms. The molecule has 5 nitrogen and oxygen atoms in total. The summed E-state index contributed by atoms with van der Waals surface area (Å²) in [6.45, 7) is 1.71. The van der Waals surface area contributed by atoms with Gasteiger partial charge in [-0.3, -0.25) is 0 Å². The molecule has 1 aromatic heterocycles. The third-order valence-electron chi connectivity index (χ3n) is 3.66. The number of anilines is 2. The second kappa shape index (κ2) is 4.50. The van der Waals surface area contributed by atoms with Crippen LogP contribution in [0.15, 0.2) is 18.2 Å². The van der Waals surface area contributed by atoms with Gasteiger partial charge in [-0.05, 0) is 31.4 Å². The molecule has 2 aliphatic rings. The Bertz CT molecular complexity index is 398. The lowest BCUT2D eigenvalue weighted by molar-refractivity contribution is 0.0253. The molecule has 2 fully saturated rings. The predicted molar refractivity (Wildman–Crippen MR) is 66.8 cm³/mol. The monoisotopic (exact) mass is 234 g/mol. The van der Waals surface area contributed by atoms with Gasteiger partial charge >= 0.3 is 0 Å². The zero-order chi connectivity index (χ0) is 11.7. The number of nitrogens with one attached hydrogen (secondary N) is 1. The summed E-state index contributed by atoms with van der Waals surface area (Å²) in [7, 11) is 0. The van der Waals surface area contributed by atoms with Gasteiger partial charge in [-0.15, -0.1) is 0 Å². The highest BCUT2D eigenvalue weighted by atomic mass is 16.5. The first-order chi connectivity index (χ1) is 8.38. The molecule has 2 atom stereocenters. The molecule has 1 saturated carbocycles. The molecule has 5 heteroatoms. The summed E-state index contributed by atoms with van der Waals surface area (Å²) in [4.78, 5) is 6.87. The molecule has 92 valence electrons. The second-order valence-corrected chi connectivity index (χ2v) is 4.63. The number of rotatable bonds is 2. The molecule has 0 spiro atoms. The number of hydrogen-bond donors (Lipinski definition) is 2. The highest BCUT2D eigenvalue weighted by molar-refractivity contribution is 5.48. The van der Waals surface area contributed by atoms with Gasteiger partial charge in [-0.1, -0.05) is 6.07 Å². The van der Waals surface area contributed by atoms with E-state index in [0.29, 0.717) is 18.0 Å². The number of morpholine rings is 1. The van der Waals surface area contributed by atoms with Crippen LogP contribution >= 0.6 is 0 Å². The minimum absolute atomic E-state index is 0.389. The molecule has 1 aliphatic heterocycles. The highest BCUT2D eigenvalue weighted by Crippen LogP contribution is 2.32. The number of hydrazine groups is 1. The first-order valence-corrected chi connectivity index (χ1v) is 6.20. The van der Waals surface area contributed by atoms with Crippen molar-refractivity contribution in [2.24, 2.45) is 5.84 Å². The molecule has 1 aliphatic carbocycles. The van der Waals surface area contributed by atoms with Crippen molar-refractivity contribution in [2.75, 3.05) is 23.5 Å². The van der Waals surface area contributed by atoms with Gasteiger partial charge in [0.1, 0.15) is 11.6 Å². The van der Waals surface area contributed by atoms with Crippen molar-refractivity contribution < 1.29 is 4.74 Å². The van der Waals surface area contributed by atoms with Crippen LogP contribution in [0.5, 0.6) is 0 Å². The third kappa shape index (κ3) is 1.96. The third-order valence-corrected chi connectivity index (χ3v) is 3.66. The lowest BCUT2D eigenvalue weighted by Gasteiger charge is -2.38. The Labute approximate surface area is 101 Å². The van der Waals surface area contributed by atoms with Crippen LogP contribution in [0.4, 0.5) is 11.6 Å². The summed E-state index contributed by atoms with van der Waals surface area (Å²) in [5.41, 5.74) is 2.60. The lowest BCUT2D eigenvalue weighted by Crippen LogP contribution is -2.49. The van der Waals surface area contributed by atoms with E-state index in [-0.39, 0.29) is 0 Å². The van der Waals surface area contributed by atoms with E-state index in [2.05, 4.69) is 15.3 Å². The number of hydrogen-bond acceptors (Lipinski definition) is 5. The summed E-state index contributed by atoms with van der Waals surface area (Å²) >= 11 is 0. The van der Waals surface area contributed by atoms with E-state index < -0.39 is 0 Å². The number of nitrogen functional groups attached to an aromatic ring is 1. The van der Waals surface area contributed by atoms with E-state index >= 15 is 0 Å². The number of pyridine rings is 1. The number of aromatic nitrogens is 1. The Kier molecular flexibility index (Phi) is 2.86. The SMILES string of the molecule is NNc1cccc(N2CCOC3CCCC32)n1. The molecule has 1 aromatic rings. The van der Waals surface area contributed by atoms with Crippen molar-refractivity contribution in [2.45, 2.75) is 31.4 Å². The van der Waals surface area contributed by atoms with Crippen molar-refractivity contribution >= 4 is 11.6 Å². The van der Waals surface area contributed by atoms with Crippen LogP contribution in [0.1, 0.15) is 19.3 Å². The van der Waals surface area contributed by atoms with Gasteiger partial charge in [0.2, 0.25) is 0 Å². The van der Waals surface area contributed by atoms with Crippen LogP contribution in [0.25, 0.3) is 0 Å². The first-order valence-electron chi connectivity index (χ1n) is 6.20. The number of nitrogens with zero attached hydrogens (tertiary/aromatic N) is 2. The maximum Gasteiger partial charge on any atom is 0.142 e. The Balaban J connectivity index is 1.86. The molecular formula is C12H18N4O. The maximum absolute atomic E-state index is 5.80. The summed E-state index contributed by atoms with van der Waals surface area (Å²) in [6, 6.07) is 6.39. The van der Waals surface area contributed by atoms with Gasteiger partial charge in [0.15, 0.2) is 0 Å². The first kappa shape index (κ1) is 10.8.